The monoisotopic (exact) mass is 358 g/mol. The van der Waals surface area contributed by atoms with Crippen molar-refractivity contribution in [2.75, 3.05) is 31.9 Å². The molecule has 0 radical (unpaired) electrons. The normalized spacial score (nSPS) is 24.7. The molecule has 0 aromatic carbocycles. The highest BCUT2D eigenvalue weighted by Crippen LogP contribution is 2.27. The van der Waals surface area contributed by atoms with Crippen LogP contribution in [0.3, 0.4) is 0 Å². The summed E-state index contributed by atoms with van der Waals surface area (Å²) < 4.78 is 27.3. The molecule has 2 aliphatic rings. The summed E-state index contributed by atoms with van der Waals surface area (Å²) >= 11 is 5.90. The van der Waals surface area contributed by atoms with Crippen molar-refractivity contribution in [3.8, 4) is 0 Å². The molecule has 0 bridgehead atoms. The van der Waals surface area contributed by atoms with E-state index in [1.165, 1.54) is 29.4 Å². The van der Waals surface area contributed by atoms with E-state index in [0.29, 0.717) is 19.1 Å². The molecule has 0 amide bonds. The van der Waals surface area contributed by atoms with Crippen molar-refractivity contribution in [2.24, 2.45) is 0 Å². The van der Waals surface area contributed by atoms with E-state index in [0.717, 1.165) is 32.4 Å². The molecule has 2 saturated heterocycles. The van der Waals surface area contributed by atoms with Crippen LogP contribution in [-0.2, 0) is 10.0 Å². The minimum Gasteiger partial charge on any atom is -0.383 e. The van der Waals surface area contributed by atoms with E-state index in [1.54, 1.807) is 0 Å². The van der Waals surface area contributed by atoms with Crippen LogP contribution in [0.2, 0.25) is 5.02 Å². The van der Waals surface area contributed by atoms with Gasteiger partial charge in [0.25, 0.3) is 0 Å². The average Bonchev–Trinajstić information content (AvgIpc) is 2.93. The van der Waals surface area contributed by atoms with Crippen LogP contribution >= 0.6 is 11.6 Å². The molecule has 1 aromatic rings. The highest BCUT2D eigenvalue weighted by Gasteiger charge is 2.31. The topological polar surface area (TPSA) is 79.5 Å². The highest BCUT2D eigenvalue weighted by molar-refractivity contribution is 7.89. The van der Waals surface area contributed by atoms with E-state index in [-0.39, 0.29) is 15.7 Å². The lowest BCUT2D eigenvalue weighted by Crippen LogP contribution is -2.35. The highest BCUT2D eigenvalue weighted by atomic mass is 35.5. The second kappa shape index (κ2) is 6.93. The molecule has 2 fully saturated rings. The summed E-state index contributed by atoms with van der Waals surface area (Å²) in [7, 11) is -3.64. The lowest BCUT2D eigenvalue weighted by molar-refractivity contribution is 0.223. The third kappa shape index (κ3) is 3.63. The van der Waals surface area contributed by atoms with E-state index >= 15 is 0 Å². The summed E-state index contributed by atoms with van der Waals surface area (Å²) in [5, 5.41) is 0.280. The molecule has 1 atom stereocenters. The lowest BCUT2D eigenvalue weighted by Gasteiger charge is -2.26. The number of hydrogen-bond donors (Lipinski definition) is 1. The fourth-order valence-electron chi connectivity index (χ4n) is 3.54. The number of likely N-dealkylation sites (tertiary alicyclic amines) is 1. The van der Waals surface area contributed by atoms with E-state index < -0.39 is 10.0 Å². The van der Waals surface area contributed by atoms with Crippen molar-refractivity contribution < 1.29 is 8.42 Å². The molecule has 3 rings (SSSR count). The number of nitrogens with zero attached hydrogens (tertiary/aromatic N) is 3. The molecule has 0 aliphatic carbocycles. The Balaban J connectivity index is 1.76. The van der Waals surface area contributed by atoms with Crippen LogP contribution in [0.5, 0.6) is 0 Å². The van der Waals surface area contributed by atoms with E-state index in [2.05, 4.69) is 9.88 Å². The Morgan fingerprint density at radius 3 is 2.61 bits per heavy atom. The van der Waals surface area contributed by atoms with Gasteiger partial charge in [-0.3, -0.25) is 0 Å². The summed E-state index contributed by atoms with van der Waals surface area (Å²) in [6, 6.07) is 1.88. The number of sulfonamides is 1. The van der Waals surface area contributed by atoms with Crippen LogP contribution in [0.4, 0.5) is 5.82 Å². The zero-order chi connectivity index (χ0) is 16.4. The van der Waals surface area contributed by atoms with Crippen molar-refractivity contribution in [3.63, 3.8) is 0 Å². The maximum Gasteiger partial charge on any atom is 0.246 e. The number of anilines is 1. The zero-order valence-corrected chi connectivity index (χ0v) is 14.7. The standard InChI is InChI=1S/C15H23ClN4O2S/c16-12-10-14(15(17)18-11-12)23(21,22)20-8-3-4-13(5-9-20)19-6-1-2-7-19/h10-11,13H,1-9H2,(H2,17,18). The predicted octanol–water partition coefficient (Wildman–Crippen LogP) is 1.96. The van der Waals surface area contributed by atoms with Crippen molar-refractivity contribution in [3.05, 3.63) is 17.3 Å². The minimum absolute atomic E-state index is 0.00902. The molecule has 0 saturated carbocycles. The first kappa shape index (κ1) is 17.0. The van der Waals surface area contributed by atoms with E-state index in [1.807, 2.05) is 0 Å². The molecule has 1 unspecified atom stereocenters. The van der Waals surface area contributed by atoms with Gasteiger partial charge in [0.1, 0.15) is 10.7 Å². The van der Waals surface area contributed by atoms with Gasteiger partial charge in [-0.1, -0.05) is 11.6 Å². The van der Waals surface area contributed by atoms with Gasteiger partial charge in [0.05, 0.1) is 5.02 Å². The lowest BCUT2D eigenvalue weighted by atomic mass is 10.1. The number of nitrogens with two attached hydrogens (primary N) is 1. The molecule has 23 heavy (non-hydrogen) atoms. The smallest absolute Gasteiger partial charge is 0.246 e. The van der Waals surface area contributed by atoms with Crippen LogP contribution in [0, 0.1) is 0 Å². The number of aromatic nitrogens is 1. The second-order valence-electron chi connectivity index (χ2n) is 6.27. The zero-order valence-electron chi connectivity index (χ0n) is 13.1. The van der Waals surface area contributed by atoms with Crippen LogP contribution in [-0.4, -0.2) is 54.8 Å². The molecule has 0 spiro atoms. The molecular weight excluding hydrogens is 336 g/mol. The molecule has 2 aliphatic heterocycles. The Morgan fingerprint density at radius 1 is 1.13 bits per heavy atom. The van der Waals surface area contributed by atoms with Gasteiger partial charge in [0.15, 0.2) is 0 Å². The first-order valence-corrected chi connectivity index (χ1v) is 9.95. The van der Waals surface area contributed by atoms with Gasteiger partial charge in [-0.05, 0) is 51.3 Å². The quantitative estimate of drug-likeness (QED) is 0.893. The van der Waals surface area contributed by atoms with E-state index in [4.69, 9.17) is 17.3 Å². The van der Waals surface area contributed by atoms with Gasteiger partial charge in [-0.15, -0.1) is 0 Å². The van der Waals surface area contributed by atoms with Crippen molar-refractivity contribution in [2.45, 2.75) is 43.0 Å². The fourth-order valence-corrected chi connectivity index (χ4v) is 5.35. The number of pyridine rings is 1. The summed E-state index contributed by atoms with van der Waals surface area (Å²) in [6.45, 7) is 3.33. The molecule has 3 heterocycles. The number of rotatable bonds is 3. The Hall–Kier alpha value is -0.890. The Bertz CT molecular complexity index is 661. The number of hydrogen-bond acceptors (Lipinski definition) is 5. The molecule has 1 aromatic heterocycles. The van der Waals surface area contributed by atoms with Crippen LogP contribution in [0.1, 0.15) is 32.1 Å². The van der Waals surface area contributed by atoms with Crippen molar-refractivity contribution >= 4 is 27.4 Å². The molecular formula is C15H23ClN4O2S. The van der Waals surface area contributed by atoms with Crippen LogP contribution in [0.25, 0.3) is 0 Å². The summed E-state index contributed by atoms with van der Waals surface area (Å²) in [4.78, 5) is 6.40. The van der Waals surface area contributed by atoms with Crippen LogP contribution in [0.15, 0.2) is 17.2 Å². The van der Waals surface area contributed by atoms with Gasteiger partial charge in [-0.2, -0.15) is 4.31 Å². The first-order chi connectivity index (χ1) is 11.0. The van der Waals surface area contributed by atoms with Crippen LogP contribution < -0.4 is 5.73 Å². The molecule has 8 heteroatoms. The molecule has 128 valence electrons. The summed E-state index contributed by atoms with van der Waals surface area (Å²) in [6.07, 6.45) is 6.66. The van der Waals surface area contributed by atoms with Gasteiger partial charge in [0, 0.05) is 25.3 Å². The van der Waals surface area contributed by atoms with Crippen molar-refractivity contribution in [1.82, 2.24) is 14.2 Å². The first-order valence-electron chi connectivity index (χ1n) is 8.14. The van der Waals surface area contributed by atoms with E-state index in [9.17, 15) is 8.42 Å². The predicted molar refractivity (Wildman–Crippen MR) is 90.9 cm³/mol. The summed E-state index contributed by atoms with van der Waals surface area (Å²) in [5.74, 6) is 0.00902. The summed E-state index contributed by atoms with van der Waals surface area (Å²) in [5.41, 5.74) is 5.76. The number of halogens is 1. The Labute approximate surface area is 142 Å². The van der Waals surface area contributed by atoms with Gasteiger partial charge < -0.3 is 10.6 Å². The third-order valence-electron chi connectivity index (χ3n) is 4.78. The Morgan fingerprint density at radius 2 is 1.87 bits per heavy atom. The van der Waals surface area contributed by atoms with Gasteiger partial charge >= 0.3 is 0 Å². The van der Waals surface area contributed by atoms with Gasteiger partial charge in [0.2, 0.25) is 10.0 Å². The average molecular weight is 359 g/mol. The largest absolute Gasteiger partial charge is 0.383 e. The van der Waals surface area contributed by atoms with Crippen molar-refractivity contribution in [1.29, 1.82) is 0 Å². The second-order valence-corrected chi connectivity index (χ2v) is 8.61. The fraction of sp³-hybridized carbons (Fsp3) is 0.667. The maximum atomic E-state index is 12.9. The maximum absolute atomic E-state index is 12.9. The molecule has 6 nitrogen and oxygen atoms in total. The van der Waals surface area contributed by atoms with Gasteiger partial charge in [-0.25, -0.2) is 13.4 Å². The molecule has 2 N–H and O–H groups in total. The SMILES string of the molecule is Nc1ncc(Cl)cc1S(=O)(=O)N1CCCC(N2CCCC2)CC1. The minimum atomic E-state index is -3.64. The number of nitrogen functional groups attached to an aromatic ring is 1. The third-order valence-corrected chi connectivity index (χ3v) is 6.91. The Kier molecular flexibility index (Phi) is 5.10.